The van der Waals surface area contributed by atoms with Gasteiger partial charge in [-0.05, 0) is 66.2 Å². The molecule has 0 radical (unpaired) electrons. The Labute approximate surface area is 223 Å². The van der Waals surface area contributed by atoms with Crippen molar-refractivity contribution in [2.45, 2.75) is 4.90 Å². The van der Waals surface area contributed by atoms with E-state index >= 15 is 0 Å². The highest BCUT2D eigenvalue weighted by Gasteiger charge is 2.15. The zero-order chi connectivity index (χ0) is 26.0. The molecular formula is C29H22ClN3O3S. The maximum absolute atomic E-state index is 13.1. The van der Waals surface area contributed by atoms with Gasteiger partial charge in [0.25, 0.3) is 11.8 Å². The number of ketones is 1. The molecule has 0 aliphatic rings. The molecule has 0 bridgehead atoms. The summed E-state index contributed by atoms with van der Waals surface area (Å²) in [5.41, 5.74) is 2.20. The Balaban J connectivity index is 1.43. The predicted molar refractivity (Wildman–Crippen MR) is 148 cm³/mol. The number of Topliss-reactive ketones (excluding diaryl/α,β-unsaturated/α-hetero) is 1. The Morgan fingerprint density at radius 2 is 1.59 bits per heavy atom. The first-order valence-electron chi connectivity index (χ1n) is 11.3. The lowest BCUT2D eigenvalue weighted by molar-refractivity contribution is -0.113. The topological polar surface area (TPSA) is 88.2 Å². The van der Waals surface area contributed by atoms with E-state index in [1.54, 1.807) is 91.3 Å². The molecule has 0 unspecified atom stereocenters. The zero-order valence-corrected chi connectivity index (χ0v) is 21.1. The molecule has 1 heterocycles. The minimum Gasteiger partial charge on any atom is -0.321 e. The number of halogens is 1. The Bertz CT molecular complexity index is 1430. The molecule has 4 rings (SSSR count). The van der Waals surface area contributed by atoms with Gasteiger partial charge in [0.15, 0.2) is 5.78 Å². The third-order valence-corrected chi connectivity index (χ3v) is 6.52. The Kier molecular flexibility index (Phi) is 8.86. The van der Waals surface area contributed by atoms with Crippen LogP contribution in [0.5, 0.6) is 0 Å². The summed E-state index contributed by atoms with van der Waals surface area (Å²) in [5, 5.41) is 5.94. The number of nitrogens with one attached hydrogen (secondary N) is 2. The lowest BCUT2D eigenvalue weighted by Crippen LogP contribution is -2.30. The molecule has 1 aromatic heterocycles. The van der Waals surface area contributed by atoms with Gasteiger partial charge >= 0.3 is 0 Å². The van der Waals surface area contributed by atoms with Gasteiger partial charge in [-0.25, -0.2) is 0 Å². The number of carbonyl (C=O) groups excluding carboxylic acids is 3. The van der Waals surface area contributed by atoms with Crippen LogP contribution in [-0.2, 0) is 4.79 Å². The number of pyridine rings is 1. The molecule has 37 heavy (non-hydrogen) atoms. The smallest absolute Gasteiger partial charge is 0.272 e. The summed E-state index contributed by atoms with van der Waals surface area (Å²) in [6, 6.07) is 26.2. The third kappa shape index (κ3) is 7.39. The molecular weight excluding hydrogens is 506 g/mol. The zero-order valence-electron chi connectivity index (χ0n) is 19.6. The van der Waals surface area contributed by atoms with Gasteiger partial charge < -0.3 is 10.6 Å². The van der Waals surface area contributed by atoms with E-state index < -0.39 is 11.8 Å². The van der Waals surface area contributed by atoms with Gasteiger partial charge in [-0.2, -0.15) is 0 Å². The van der Waals surface area contributed by atoms with Gasteiger partial charge in [0.1, 0.15) is 5.70 Å². The van der Waals surface area contributed by atoms with Crippen LogP contribution in [0.2, 0.25) is 5.02 Å². The van der Waals surface area contributed by atoms with Crippen molar-refractivity contribution < 1.29 is 14.4 Å². The molecule has 0 saturated carbocycles. The average molecular weight is 528 g/mol. The normalized spacial score (nSPS) is 11.0. The molecule has 0 aliphatic heterocycles. The maximum Gasteiger partial charge on any atom is 0.272 e. The van der Waals surface area contributed by atoms with Crippen molar-refractivity contribution in [3.63, 3.8) is 0 Å². The summed E-state index contributed by atoms with van der Waals surface area (Å²) in [4.78, 5) is 43.2. The predicted octanol–water partition coefficient (Wildman–Crippen LogP) is 6.12. The molecule has 2 amide bonds. The van der Waals surface area contributed by atoms with E-state index in [1.807, 2.05) is 18.2 Å². The summed E-state index contributed by atoms with van der Waals surface area (Å²) in [6.45, 7) is 0. The number of thioether (sulfide) groups is 1. The van der Waals surface area contributed by atoms with E-state index in [9.17, 15) is 14.4 Å². The number of anilines is 1. The Morgan fingerprint density at radius 1 is 0.865 bits per heavy atom. The van der Waals surface area contributed by atoms with Gasteiger partial charge in [0.2, 0.25) is 0 Å². The summed E-state index contributed by atoms with van der Waals surface area (Å²) in [6.07, 6.45) is 4.78. The fourth-order valence-corrected chi connectivity index (χ4v) is 4.34. The van der Waals surface area contributed by atoms with Crippen molar-refractivity contribution in [1.82, 2.24) is 10.3 Å². The SMILES string of the molecule is O=C(Nc1ccc(SCC(=O)c2ccccc2Cl)cc1)/C(=C/c1cccnc1)NC(=O)c1ccccc1. The molecule has 184 valence electrons. The molecule has 0 spiro atoms. The molecule has 2 N–H and O–H groups in total. The number of hydrogen-bond donors (Lipinski definition) is 2. The van der Waals surface area contributed by atoms with Crippen molar-refractivity contribution in [3.8, 4) is 0 Å². The van der Waals surface area contributed by atoms with E-state index in [2.05, 4.69) is 15.6 Å². The lowest BCUT2D eigenvalue weighted by Gasteiger charge is -2.12. The number of amides is 2. The average Bonchev–Trinajstić information content (AvgIpc) is 2.93. The van der Waals surface area contributed by atoms with E-state index in [4.69, 9.17) is 11.6 Å². The lowest BCUT2D eigenvalue weighted by atomic mass is 10.1. The maximum atomic E-state index is 13.1. The number of benzene rings is 3. The highest BCUT2D eigenvalue weighted by atomic mass is 35.5. The van der Waals surface area contributed by atoms with Gasteiger partial charge in [-0.3, -0.25) is 19.4 Å². The van der Waals surface area contributed by atoms with Gasteiger partial charge in [0.05, 0.1) is 10.8 Å². The minimum atomic E-state index is -0.484. The van der Waals surface area contributed by atoms with Crippen molar-refractivity contribution in [1.29, 1.82) is 0 Å². The number of rotatable bonds is 9. The van der Waals surface area contributed by atoms with Crippen LogP contribution in [0.25, 0.3) is 6.08 Å². The van der Waals surface area contributed by atoms with Crippen LogP contribution < -0.4 is 10.6 Å². The summed E-state index contributed by atoms with van der Waals surface area (Å²) < 4.78 is 0. The van der Waals surface area contributed by atoms with E-state index in [0.29, 0.717) is 27.4 Å². The van der Waals surface area contributed by atoms with Gasteiger partial charge in [0, 0.05) is 34.1 Å². The Hall–Kier alpha value is -4.20. The molecule has 0 atom stereocenters. The van der Waals surface area contributed by atoms with Crippen LogP contribution in [0.3, 0.4) is 0 Å². The largest absolute Gasteiger partial charge is 0.321 e. The second-order valence-electron chi connectivity index (χ2n) is 7.83. The molecule has 0 aliphatic carbocycles. The van der Waals surface area contributed by atoms with E-state index in [0.717, 1.165) is 4.90 Å². The van der Waals surface area contributed by atoms with E-state index in [-0.39, 0.29) is 17.2 Å². The van der Waals surface area contributed by atoms with Crippen molar-refractivity contribution in [2.24, 2.45) is 0 Å². The fraction of sp³-hybridized carbons (Fsp3) is 0.0345. The van der Waals surface area contributed by atoms with Gasteiger partial charge in [-0.15, -0.1) is 11.8 Å². The van der Waals surface area contributed by atoms with Crippen LogP contribution in [0, 0.1) is 0 Å². The number of aromatic nitrogens is 1. The molecule has 0 saturated heterocycles. The first-order valence-corrected chi connectivity index (χ1v) is 12.7. The second-order valence-corrected chi connectivity index (χ2v) is 9.29. The highest BCUT2D eigenvalue weighted by molar-refractivity contribution is 8.00. The summed E-state index contributed by atoms with van der Waals surface area (Å²) in [7, 11) is 0. The van der Waals surface area contributed by atoms with Crippen molar-refractivity contribution in [2.75, 3.05) is 11.1 Å². The Morgan fingerprint density at radius 3 is 2.30 bits per heavy atom. The molecule has 8 heteroatoms. The number of hydrogen-bond acceptors (Lipinski definition) is 5. The van der Waals surface area contributed by atoms with Crippen molar-refractivity contribution >= 4 is 52.7 Å². The highest BCUT2D eigenvalue weighted by Crippen LogP contribution is 2.24. The molecule has 3 aromatic carbocycles. The number of carbonyl (C=O) groups is 3. The summed E-state index contributed by atoms with van der Waals surface area (Å²) in [5.74, 6) is -0.713. The quantitative estimate of drug-likeness (QED) is 0.155. The minimum absolute atomic E-state index is 0.0627. The first kappa shape index (κ1) is 25.9. The monoisotopic (exact) mass is 527 g/mol. The first-order chi connectivity index (χ1) is 18.0. The van der Waals surface area contributed by atoms with Crippen LogP contribution in [0.1, 0.15) is 26.3 Å². The number of nitrogens with zero attached hydrogens (tertiary/aromatic N) is 1. The van der Waals surface area contributed by atoms with Gasteiger partial charge in [-0.1, -0.05) is 48.0 Å². The fourth-order valence-electron chi connectivity index (χ4n) is 3.32. The van der Waals surface area contributed by atoms with Crippen LogP contribution >= 0.6 is 23.4 Å². The van der Waals surface area contributed by atoms with Crippen LogP contribution in [-0.4, -0.2) is 28.3 Å². The van der Waals surface area contributed by atoms with E-state index in [1.165, 1.54) is 11.8 Å². The van der Waals surface area contributed by atoms with Crippen LogP contribution in [0.4, 0.5) is 5.69 Å². The summed E-state index contributed by atoms with van der Waals surface area (Å²) >= 11 is 7.49. The molecule has 6 nitrogen and oxygen atoms in total. The molecule has 4 aromatic rings. The third-order valence-electron chi connectivity index (χ3n) is 5.18. The van der Waals surface area contributed by atoms with Crippen molar-refractivity contribution in [3.05, 3.63) is 131 Å². The second kappa shape index (κ2) is 12.7. The molecule has 0 fully saturated rings. The standard InChI is InChI=1S/C29H22ClN3O3S/c30-25-11-5-4-10-24(25)27(34)19-37-23-14-12-22(13-15-23)32-29(36)26(17-20-7-6-16-31-18-20)33-28(35)21-8-2-1-3-9-21/h1-18H,19H2,(H,32,36)(H,33,35)/b26-17-. The van der Waals surface area contributed by atoms with Crippen LogP contribution in [0.15, 0.2) is 114 Å².